The largest absolute Gasteiger partial charge is 0.381 e. The Morgan fingerprint density at radius 1 is 1.38 bits per heavy atom. The van der Waals surface area contributed by atoms with Gasteiger partial charge in [0.25, 0.3) is 5.91 Å². The van der Waals surface area contributed by atoms with Gasteiger partial charge in [-0.2, -0.15) is 0 Å². The van der Waals surface area contributed by atoms with Gasteiger partial charge in [-0.15, -0.1) is 0 Å². The predicted octanol–water partition coefficient (Wildman–Crippen LogP) is 2.92. The molecule has 3 rings (SSSR count). The van der Waals surface area contributed by atoms with Crippen molar-refractivity contribution in [2.75, 3.05) is 19.8 Å². The number of aromatic nitrogens is 1. The lowest BCUT2D eigenvalue weighted by Crippen LogP contribution is -2.29. The Labute approximate surface area is 148 Å². The first-order valence-corrected chi connectivity index (χ1v) is 8.64. The highest BCUT2D eigenvalue weighted by Crippen LogP contribution is 2.17. The summed E-state index contributed by atoms with van der Waals surface area (Å²) in [6.07, 6.45) is 0.979. The van der Waals surface area contributed by atoms with Gasteiger partial charge in [0.15, 0.2) is 11.5 Å². The van der Waals surface area contributed by atoms with Gasteiger partial charge in [-0.25, -0.2) is 0 Å². The van der Waals surface area contributed by atoms with E-state index in [9.17, 15) is 4.79 Å². The summed E-state index contributed by atoms with van der Waals surface area (Å²) < 4.78 is 17.0. The number of ether oxygens (including phenoxy) is 2. The number of carbonyl (C=O) groups is 1. The first-order valence-electron chi connectivity index (χ1n) is 7.85. The van der Waals surface area contributed by atoms with Crippen LogP contribution in [-0.2, 0) is 22.7 Å². The zero-order chi connectivity index (χ0) is 16.8. The van der Waals surface area contributed by atoms with Gasteiger partial charge in [0.1, 0.15) is 6.61 Å². The Hall–Kier alpha value is -1.70. The van der Waals surface area contributed by atoms with Crippen LogP contribution in [0.2, 0.25) is 0 Å². The second kappa shape index (κ2) is 8.41. The van der Waals surface area contributed by atoms with Crippen LogP contribution in [0, 0.1) is 5.92 Å². The summed E-state index contributed by atoms with van der Waals surface area (Å²) in [4.78, 5) is 12.0. The lowest BCUT2D eigenvalue weighted by atomic mass is 10.1. The van der Waals surface area contributed by atoms with Gasteiger partial charge in [-0.05, 0) is 18.1 Å². The van der Waals surface area contributed by atoms with E-state index in [-0.39, 0.29) is 18.2 Å². The van der Waals surface area contributed by atoms with Crippen LogP contribution in [0.25, 0.3) is 0 Å². The molecule has 1 aromatic carbocycles. The third-order valence-corrected chi connectivity index (χ3v) is 4.60. The molecule has 0 saturated carbocycles. The minimum atomic E-state index is -0.234. The van der Waals surface area contributed by atoms with E-state index in [1.54, 1.807) is 6.07 Å². The molecule has 1 aliphatic heterocycles. The summed E-state index contributed by atoms with van der Waals surface area (Å²) in [6.45, 7) is 2.78. The van der Waals surface area contributed by atoms with E-state index in [1.807, 2.05) is 24.3 Å². The lowest BCUT2D eigenvalue weighted by Gasteiger charge is -2.07. The van der Waals surface area contributed by atoms with Crippen molar-refractivity contribution in [3.63, 3.8) is 0 Å². The van der Waals surface area contributed by atoms with Gasteiger partial charge in [-0.3, -0.25) is 4.79 Å². The summed E-state index contributed by atoms with van der Waals surface area (Å²) in [5, 5.41) is 6.65. The highest BCUT2D eigenvalue weighted by Gasteiger charge is 2.18. The Bertz CT molecular complexity index is 683. The summed E-state index contributed by atoms with van der Waals surface area (Å²) >= 11 is 3.47. The van der Waals surface area contributed by atoms with E-state index in [4.69, 9.17) is 14.0 Å². The van der Waals surface area contributed by atoms with Gasteiger partial charge < -0.3 is 19.3 Å². The van der Waals surface area contributed by atoms with Gasteiger partial charge in [0, 0.05) is 29.6 Å². The van der Waals surface area contributed by atoms with Crippen LogP contribution in [0.5, 0.6) is 0 Å². The molecule has 0 radical (unpaired) electrons. The molecule has 2 heterocycles. The molecule has 1 atom stereocenters. The van der Waals surface area contributed by atoms with Crippen molar-refractivity contribution in [1.82, 2.24) is 10.5 Å². The van der Waals surface area contributed by atoms with Crippen LogP contribution in [0.1, 0.15) is 28.2 Å². The maximum Gasteiger partial charge on any atom is 0.273 e. The SMILES string of the molecule is O=C(NCC1CCOC1)c1cc(COCc2ccccc2Br)on1. The molecule has 1 aliphatic rings. The average Bonchev–Trinajstić information content (AvgIpc) is 3.26. The molecule has 0 aliphatic carbocycles. The maximum absolute atomic E-state index is 12.0. The van der Waals surface area contributed by atoms with Crippen LogP contribution < -0.4 is 5.32 Å². The predicted molar refractivity (Wildman–Crippen MR) is 90.4 cm³/mol. The molecule has 1 amide bonds. The van der Waals surface area contributed by atoms with E-state index < -0.39 is 0 Å². The average molecular weight is 395 g/mol. The lowest BCUT2D eigenvalue weighted by molar-refractivity contribution is 0.0873. The van der Waals surface area contributed by atoms with E-state index in [0.29, 0.717) is 31.4 Å². The third kappa shape index (κ3) is 4.66. The Balaban J connectivity index is 1.44. The number of carbonyl (C=O) groups excluding carboxylic acids is 1. The second-order valence-corrected chi connectivity index (χ2v) is 6.56. The normalized spacial score (nSPS) is 17.1. The van der Waals surface area contributed by atoms with Crippen molar-refractivity contribution in [2.24, 2.45) is 5.92 Å². The summed E-state index contributed by atoms with van der Waals surface area (Å²) in [5.41, 5.74) is 1.32. The summed E-state index contributed by atoms with van der Waals surface area (Å²) in [5.74, 6) is 0.673. The van der Waals surface area contributed by atoms with E-state index >= 15 is 0 Å². The Morgan fingerprint density at radius 2 is 2.25 bits per heavy atom. The van der Waals surface area contributed by atoms with Crippen LogP contribution in [-0.4, -0.2) is 30.8 Å². The van der Waals surface area contributed by atoms with Crippen LogP contribution in [0.15, 0.2) is 39.3 Å². The van der Waals surface area contributed by atoms with Crippen molar-refractivity contribution in [1.29, 1.82) is 0 Å². The molecular formula is C17H19BrN2O4. The standard InChI is InChI=1S/C17H19BrN2O4/c18-15-4-2-1-3-13(15)10-23-11-14-7-16(20-24-14)17(21)19-8-12-5-6-22-9-12/h1-4,7,12H,5-6,8-11H2,(H,19,21). The smallest absolute Gasteiger partial charge is 0.273 e. The topological polar surface area (TPSA) is 73.6 Å². The molecule has 0 spiro atoms. The molecule has 128 valence electrons. The molecule has 1 unspecified atom stereocenters. The van der Waals surface area contributed by atoms with Crippen molar-refractivity contribution in [3.8, 4) is 0 Å². The van der Waals surface area contributed by atoms with Crippen LogP contribution in [0.3, 0.4) is 0 Å². The summed E-state index contributed by atoms with van der Waals surface area (Å²) in [6, 6.07) is 9.46. The van der Waals surface area contributed by atoms with Crippen molar-refractivity contribution in [2.45, 2.75) is 19.6 Å². The highest BCUT2D eigenvalue weighted by atomic mass is 79.9. The fraction of sp³-hybridized carbons (Fsp3) is 0.412. The van der Waals surface area contributed by atoms with Crippen molar-refractivity contribution in [3.05, 3.63) is 51.8 Å². The monoisotopic (exact) mass is 394 g/mol. The number of rotatable bonds is 7. The van der Waals surface area contributed by atoms with E-state index in [2.05, 4.69) is 26.4 Å². The number of hydrogen-bond donors (Lipinski definition) is 1. The Morgan fingerprint density at radius 3 is 3.04 bits per heavy atom. The molecule has 1 saturated heterocycles. The molecule has 1 aromatic heterocycles. The van der Waals surface area contributed by atoms with Crippen LogP contribution in [0.4, 0.5) is 0 Å². The molecular weight excluding hydrogens is 376 g/mol. The van der Waals surface area contributed by atoms with Crippen molar-refractivity contribution >= 4 is 21.8 Å². The van der Waals surface area contributed by atoms with Gasteiger partial charge in [0.05, 0.1) is 13.2 Å². The number of amides is 1. The fourth-order valence-corrected chi connectivity index (χ4v) is 2.84. The number of hydrogen-bond acceptors (Lipinski definition) is 5. The maximum atomic E-state index is 12.0. The number of nitrogens with one attached hydrogen (secondary N) is 1. The third-order valence-electron chi connectivity index (χ3n) is 3.83. The molecule has 1 N–H and O–H groups in total. The Kier molecular flexibility index (Phi) is 6.01. The quantitative estimate of drug-likeness (QED) is 0.781. The number of benzene rings is 1. The molecule has 24 heavy (non-hydrogen) atoms. The fourth-order valence-electron chi connectivity index (χ4n) is 2.44. The minimum absolute atomic E-state index is 0.234. The second-order valence-electron chi connectivity index (χ2n) is 5.70. The van der Waals surface area contributed by atoms with Gasteiger partial charge in [-0.1, -0.05) is 39.3 Å². The molecule has 0 bridgehead atoms. The molecule has 2 aromatic rings. The van der Waals surface area contributed by atoms with Crippen molar-refractivity contribution < 1.29 is 18.8 Å². The van der Waals surface area contributed by atoms with E-state index in [1.165, 1.54) is 0 Å². The van der Waals surface area contributed by atoms with Crippen LogP contribution >= 0.6 is 15.9 Å². The molecule has 7 heteroatoms. The first kappa shape index (κ1) is 17.1. The van der Waals surface area contributed by atoms with Gasteiger partial charge in [0.2, 0.25) is 0 Å². The van der Waals surface area contributed by atoms with Gasteiger partial charge >= 0.3 is 0 Å². The summed E-state index contributed by atoms with van der Waals surface area (Å²) in [7, 11) is 0. The highest BCUT2D eigenvalue weighted by molar-refractivity contribution is 9.10. The molecule has 6 nitrogen and oxygen atoms in total. The number of halogens is 1. The zero-order valence-electron chi connectivity index (χ0n) is 13.2. The minimum Gasteiger partial charge on any atom is -0.381 e. The first-order chi connectivity index (χ1) is 11.7. The number of nitrogens with zero attached hydrogens (tertiary/aromatic N) is 1. The van der Waals surface area contributed by atoms with E-state index in [0.717, 1.165) is 23.1 Å². The zero-order valence-corrected chi connectivity index (χ0v) is 14.8. The molecule has 1 fully saturated rings.